The lowest BCUT2D eigenvalue weighted by molar-refractivity contribution is -0.111. The molecule has 0 unspecified atom stereocenters. The number of nitrogens with one attached hydrogen (secondary N) is 2. The number of carbonyl (C=O) groups excluding carboxylic acids is 2. The average molecular weight is 466 g/mol. The minimum Gasteiger partial charge on any atom is -0.467 e. The van der Waals surface area contributed by atoms with Gasteiger partial charge in [0, 0.05) is 12.6 Å². The van der Waals surface area contributed by atoms with E-state index in [9.17, 15) is 18.0 Å². The molecule has 8 nitrogen and oxygen atoms in total. The number of anilines is 2. The van der Waals surface area contributed by atoms with Crippen molar-refractivity contribution >= 4 is 39.3 Å². The van der Waals surface area contributed by atoms with E-state index in [4.69, 9.17) is 4.42 Å². The van der Waals surface area contributed by atoms with Crippen LogP contribution in [0.5, 0.6) is 0 Å². The summed E-state index contributed by atoms with van der Waals surface area (Å²) in [5.41, 5.74) is 2.08. The zero-order chi connectivity index (χ0) is 23.3. The van der Waals surface area contributed by atoms with Gasteiger partial charge in [0.2, 0.25) is 15.9 Å². The number of hydrogen-bond acceptors (Lipinski definition) is 5. The van der Waals surface area contributed by atoms with Gasteiger partial charge in [-0.25, -0.2) is 8.42 Å². The largest absolute Gasteiger partial charge is 0.467 e. The molecule has 0 spiro atoms. The van der Waals surface area contributed by atoms with Crippen LogP contribution >= 0.6 is 0 Å². The molecule has 1 fully saturated rings. The van der Waals surface area contributed by atoms with Crippen molar-refractivity contribution in [3.8, 4) is 0 Å². The fourth-order valence-electron chi connectivity index (χ4n) is 3.49. The molecule has 2 amide bonds. The van der Waals surface area contributed by atoms with Gasteiger partial charge in [-0.3, -0.25) is 13.9 Å². The Hall–Kier alpha value is -3.85. The van der Waals surface area contributed by atoms with Crippen LogP contribution in [-0.2, 0) is 21.4 Å². The highest BCUT2D eigenvalue weighted by atomic mass is 32.2. The summed E-state index contributed by atoms with van der Waals surface area (Å²) in [6.45, 7) is 0.719. The second-order valence-electron chi connectivity index (χ2n) is 7.46. The minimum atomic E-state index is -3.23. The summed E-state index contributed by atoms with van der Waals surface area (Å²) in [5.74, 6) is 0.0596. The van der Waals surface area contributed by atoms with Crippen LogP contribution in [0.3, 0.4) is 0 Å². The van der Waals surface area contributed by atoms with Gasteiger partial charge in [-0.15, -0.1) is 0 Å². The summed E-state index contributed by atoms with van der Waals surface area (Å²) in [4.78, 5) is 25.0. The smallest absolute Gasteiger partial charge is 0.253 e. The highest BCUT2D eigenvalue weighted by Gasteiger charge is 2.28. The standard InChI is InChI=1S/C24H23N3O5S/c28-23(13-10-18-8-11-19(12-9-18)27-14-4-16-33(27,30)31)26-22-7-2-1-6-21(22)24(29)25-17-20-5-3-15-32-20/h1-3,5-13,15H,4,14,16-17H2,(H,25,29)(H,26,28)/b13-10+. The second-order valence-corrected chi connectivity index (χ2v) is 9.48. The molecule has 0 aliphatic carbocycles. The molecular formula is C24H23N3O5S. The van der Waals surface area contributed by atoms with Crippen molar-refractivity contribution in [1.82, 2.24) is 5.32 Å². The van der Waals surface area contributed by atoms with Crippen LogP contribution in [0.15, 0.2) is 77.4 Å². The lowest BCUT2D eigenvalue weighted by Crippen LogP contribution is -2.24. The third-order valence-electron chi connectivity index (χ3n) is 5.14. The molecule has 2 N–H and O–H groups in total. The Balaban J connectivity index is 1.38. The number of hydrogen-bond donors (Lipinski definition) is 2. The molecule has 1 aromatic heterocycles. The van der Waals surface area contributed by atoms with Crippen molar-refractivity contribution in [3.63, 3.8) is 0 Å². The molecule has 3 aromatic rings. The van der Waals surface area contributed by atoms with Crippen LogP contribution in [-0.4, -0.2) is 32.5 Å². The first-order chi connectivity index (χ1) is 15.9. The number of amides is 2. The highest BCUT2D eigenvalue weighted by Crippen LogP contribution is 2.24. The highest BCUT2D eigenvalue weighted by molar-refractivity contribution is 7.93. The van der Waals surface area contributed by atoms with Gasteiger partial charge >= 0.3 is 0 Å². The van der Waals surface area contributed by atoms with E-state index >= 15 is 0 Å². The number of rotatable bonds is 7. The maximum absolute atomic E-state index is 12.5. The Bertz CT molecular complexity index is 1270. The summed E-state index contributed by atoms with van der Waals surface area (Å²) >= 11 is 0. The first-order valence-corrected chi connectivity index (χ1v) is 12.0. The molecule has 4 rings (SSSR count). The van der Waals surface area contributed by atoms with Gasteiger partial charge in [0.15, 0.2) is 0 Å². The predicted octanol–water partition coefficient (Wildman–Crippen LogP) is 3.40. The molecule has 0 radical (unpaired) electrons. The van der Waals surface area contributed by atoms with Crippen LogP contribution in [0.1, 0.15) is 28.1 Å². The van der Waals surface area contributed by atoms with Gasteiger partial charge in [0.25, 0.3) is 5.91 Å². The van der Waals surface area contributed by atoms with Crippen molar-refractivity contribution in [1.29, 1.82) is 0 Å². The van der Waals surface area contributed by atoms with E-state index in [-0.39, 0.29) is 18.2 Å². The number of carbonyl (C=O) groups is 2. The van der Waals surface area contributed by atoms with Gasteiger partial charge < -0.3 is 15.1 Å². The van der Waals surface area contributed by atoms with Crippen molar-refractivity contribution < 1.29 is 22.4 Å². The summed E-state index contributed by atoms with van der Waals surface area (Å²) in [6.07, 6.45) is 5.13. The number of furan rings is 1. The third-order valence-corrected chi connectivity index (χ3v) is 7.01. The first-order valence-electron chi connectivity index (χ1n) is 10.4. The van der Waals surface area contributed by atoms with Crippen LogP contribution in [0.25, 0.3) is 6.08 Å². The zero-order valence-electron chi connectivity index (χ0n) is 17.7. The number of sulfonamides is 1. The number of para-hydroxylation sites is 1. The zero-order valence-corrected chi connectivity index (χ0v) is 18.5. The molecule has 33 heavy (non-hydrogen) atoms. The van der Waals surface area contributed by atoms with Crippen molar-refractivity contribution in [2.45, 2.75) is 13.0 Å². The van der Waals surface area contributed by atoms with Gasteiger partial charge in [-0.2, -0.15) is 0 Å². The fourth-order valence-corrected chi connectivity index (χ4v) is 5.06. The minimum absolute atomic E-state index is 0.164. The number of nitrogens with zero attached hydrogens (tertiary/aromatic N) is 1. The van der Waals surface area contributed by atoms with Crippen LogP contribution in [0.2, 0.25) is 0 Å². The first kappa shape index (κ1) is 22.3. The van der Waals surface area contributed by atoms with Crippen LogP contribution in [0, 0.1) is 0 Å². The summed E-state index contributed by atoms with van der Waals surface area (Å²) in [7, 11) is -3.23. The van der Waals surface area contributed by atoms with Crippen molar-refractivity contribution in [3.05, 3.63) is 89.9 Å². The van der Waals surface area contributed by atoms with E-state index in [0.29, 0.717) is 35.7 Å². The SMILES string of the molecule is O=C(/C=C/c1ccc(N2CCCS2(=O)=O)cc1)Nc1ccccc1C(=O)NCc1ccco1. The summed E-state index contributed by atoms with van der Waals surface area (Å²) in [5, 5.41) is 5.48. The normalized spacial score (nSPS) is 15.0. The van der Waals surface area contributed by atoms with Gasteiger partial charge in [0.05, 0.1) is 35.5 Å². The van der Waals surface area contributed by atoms with Gasteiger partial charge in [-0.05, 0) is 54.5 Å². The van der Waals surface area contributed by atoms with Crippen LogP contribution in [0.4, 0.5) is 11.4 Å². The molecule has 1 saturated heterocycles. The fraction of sp³-hybridized carbons (Fsp3) is 0.167. The molecular weight excluding hydrogens is 442 g/mol. The van der Waals surface area contributed by atoms with Crippen molar-refractivity contribution in [2.24, 2.45) is 0 Å². The monoisotopic (exact) mass is 465 g/mol. The summed E-state index contributed by atoms with van der Waals surface area (Å²) in [6, 6.07) is 17.2. The van der Waals surface area contributed by atoms with Gasteiger partial charge in [-0.1, -0.05) is 24.3 Å². The van der Waals surface area contributed by atoms with E-state index in [0.717, 1.165) is 5.56 Å². The maximum Gasteiger partial charge on any atom is 0.253 e. The van der Waals surface area contributed by atoms with E-state index in [1.165, 1.54) is 16.6 Å². The third kappa shape index (κ3) is 5.50. The molecule has 0 saturated carbocycles. The molecule has 1 aliphatic heterocycles. The van der Waals surface area contributed by atoms with E-state index < -0.39 is 15.9 Å². The lowest BCUT2D eigenvalue weighted by atomic mass is 10.1. The summed E-state index contributed by atoms with van der Waals surface area (Å²) < 4.78 is 30.7. The Morgan fingerprint density at radius 2 is 1.82 bits per heavy atom. The Kier molecular flexibility index (Phi) is 6.60. The molecule has 0 bridgehead atoms. The van der Waals surface area contributed by atoms with Crippen LogP contribution < -0.4 is 14.9 Å². The Morgan fingerprint density at radius 3 is 2.52 bits per heavy atom. The quantitative estimate of drug-likeness (QED) is 0.520. The molecule has 170 valence electrons. The van der Waals surface area contributed by atoms with E-state index in [2.05, 4.69) is 10.6 Å². The number of benzene rings is 2. The Labute approximate surface area is 192 Å². The topological polar surface area (TPSA) is 109 Å². The molecule has 1 aliphatic rings. The lowest BCUT2D eigenvalue weighted by Gasteiger charge is -2.16. The van der Waals surface area contributed by atoms with Crippen molar-refractivity contribution in [2.75, 3.05) is 21.9 Å². The molecule has 2 heterocycles. The van der Waals surface area contributed by atoms with Gasteiger partial charge in [0.1, 0.15) is 5.76 Å². The van der Waals surface area contributed by atoms with E-state index in [1.807, 2.05) is 0 Å². The molecule has 0 atom stereocenters. The molecule has 2 aromatic carbocycles. The predicted molar refractivity (Wildman–Crippen MR) is 126 cm³/mol. The average Bonchev–Trinajstić information content (AvgIpc) is 3.46. The molecule has 9 heteroatoms. The second kappa shape index (κ2) is 9.74. The van der Waals surface area contributed by atoms with E-state index in [1.54, 1.807) is 66.7 Å². The Morgan fingerprint density at radius 1 is 1.03 bits per heavy atom. The maximum atomic E-state index is 12.5.